The highest BCUT2D eigenvalue weighted by Crippen LogP contribution is 2.43. The molecule has 0 radical (unpaired) electrons. The third kappa shape index (κ3) is 2.85. The molecule has 8 fully saturated rings. The Morgan fingerprint density at radius 2 is 0.950 bits per heavy atom. The van der Waals surface area contributed by atoms with Gasteiger partial charge in [-0.05, 0) is 6.07 Å². The first-order valence-corrected chi connectivity index (χ1v) is 14.9. The van der Waals surface area contributed by atoms with Gasteiger partial charge in [-0.3, -0.25) is 28.1 Å². The minimum absolute atomic E-state index is 0.135. The van der Waals surface area contributed by atoms with Crippen LogP contribution in [0.2, 0.25) is 0 Å². The normalized spacial score (nSPS) is 40.0. The molecule has 8 aliphatic heterocycles. The topological polar surface area (TPSA) is 87.7 Å². The Morgan fingerprint density at radius 1 is 0.550 bits per heavy atom. The minimum Gasteiger partial charge on any atom is -0.306 e. The molecule has 40 heavy (non-hydrogen) atoms. The number of rotatable bonds is 4. The van der Waals surface area contributed by atoms with Crippen molar-refractivity contribution in [1.82, 2.24) is 29.4 Å². The summed E-state index contributed by atoms with van der Waals surface area (Å²) in [7, 11) is 0. The highest BCUT2D eigenvalue weighted by molar-refractivity contribution is 6.37. The van der Waals surface area contributed by atoms with Crippen molar-refractivity contribution in [3.63, 3.8) is 0 Å². The second-order valence-electron chi connectivity index (χ2n) is 13.2. The van der Waals surface area contributed by atoms with E-state index in [0.717, 1.165) is 74.4 Å². The van der Waals surface area contributed by atoms with E-state index in [0.29, 0.717) is 26.2 Å². The number of amides is 4. The average molecular weight is 549 g/mol. The molecule has 8 saturated heterocycles. The highest BCUT2D eigenvalue weighted by atomic mass is 16.2. The summed E-state index contributed by atoms with van der Waals surface area (Å²) >= 11 is 0. The van der Waals surface area contributed by atoms with Gasteiger partial charge in [-0.15, -0.1) is 0 Å². The number of piperazine rings is 4. The second-order valence-corrected chi connectivity index (χ2v) is 13.2. The first-order valence-electron chi connectivity index (χ1n) is 14.9. The van der Waals surface area contributed by atoms with Crippen LogP contribution >= 0.6 is 0 Å². The molecule has 0 aromatic heterocycles. The first-order chi connectivity index (χ1) is 19.4. The summed E-state index contributed by atoms with van der Waals surface area (Å²) in [6.45, 7) is 11.9. The van der Waals surface area contributed by atoms with E-state index in [1.807, 2.05) is 19.6 Å². The Hall–Kier alpha value is -3.06. The van der Waals surface area contributed by atoms with Crippen LogP contribution in [0.3, 0.4) is 0 Å². The molecule has 12 nitrogen and oxygen atoms in total. The molecule has 12 heteroatoms. The van der Waals surface area contributed by atoms with E-state index in [-0.39, 0.29) is 48.3 Å². The van der Waals surface area contributed by atoms with Crippen LogP contribution in [0.5, 0.6) is 0 Å². The molecule has 4 amide bonds. The number of benzene rings is 1. The largest absolute Gasteiger partial charge is 0.314 e. The Kier molecular flexibility index (Phi) is 4.61. The Labute approximate surface area is 233 Å². The Morgan fingerprint density at radius 3 is 1.40 bits per heavy atom. The van der Waals surface area contributed by atoms with Crippen LogP contribution in [-0.4, -0.2) is 165 Å². The van der Waals surface area contributed by atoms with Gasteiger partial charge in [0.25, 0.3) is 0 Å². The van der Waals surface area contributed by atoms with E-state index in [4.69, 9.17) is 0 Å². The van der Waals surface area contributed by atoms with Gasteiger partial charge in [0.15, 0.2) is 24.7 Å². The molecule has 6 atom stereocenters. The lowest BCUT2D eigenvalue weighted by molar-refractivity contribution is -0.966. The lowest BCUT2D eigenvalue weighted by Gasteiger charge is -2.53. The molecule has 0 saturated carbocycles. The third-order valence-corrected chi connectivity index (χ3v) is 11.6. The highest BCUT2D eigenvalue weighted by Gasteiger charge is 2.66. The number of nitrogens with zero attached hydrogens (tertiary/aromatic N) is 8. The number of carbonyl (C=O) groups is 4. The predicted octanol–water partition coefficient (Wildman–Crippen LogP) is -2.35. The molecule has 6 unspecified atom stereocenters. The van der Waals surface area contributed by atoms with E-state index < -0.39 is 0 Å². The van der Waals surface area contributed by atoms with Gasteiger partial charge in [0.2, 0.25) is 0 Å². The zero-order valence-corrected chi connectivity index (χ0v) is 22.7. The monoisotopic (exact) mass is 548 g/mol. The van der Waals surface area contributed by atoms with Gasteiger partial charge in [0.05, 0.1) is 52.4 Å². The minimum atomic E-state index is -0.320. The Bertz CT molecular complexity index is 1240. The molecule has 0 N–H and O–H groups in total. The fourth-order valence-corrected chi connectivity index (χ4v) is 9.83. The summed E-state index contributed by atoms with van der Waals surface area (Å²) in [5.74, 6) is -1.28. The van der Waals surface area contributed by atoms with Crippen LogP contribution in [0.15, 0.2) is 24.3 Å². The van der Waals surface area contributed by atoms with Gasteiger partial charge >= 0.3 is 23.6 Å². The molecular formula is C28H36N8O4+2. The summed E-state index contributed by atoms with van der Waals surface area (Å²) in [4.78, 5) is 63.2. The maximum atomic E-state index is 12.7. The molecule has 0 aliphatic carbocycles. The molecule has 210 valence electrons. The number of hydrogen-bond acceptors (Lipinski definition) is 6. The van der Waals surface area contributed by atoms with Crippen molar-refractivity contribution in [2.24, 2.45) is 0 Å². The van der Waals surface area contributed by atoms with Crippen molar-refractivity contribution in [1.29, 1.82) is 0 Å². The maximum Gasteiger partial charge on any atom is 0.314 e. The summed E-state index contributed by atoms with van der Waals surface area (Å²) in [5, 5.41) is 0. The van der Waals surface area contributed by atoms with E-state index in [9.17, 15) is 19.2 Å². The van der Waals surface area contributed by atoms with Gasteiger partial charge in [-0.1, -0.05) is 18.2 Å². The van der Waals surface area contributed by atoms with E-state index in [2.05, 4.69) is 34.1 Å². The van der Waals surface area contributed by atoms with Crippen LogP contribution in [0.25, 0.3) is 0 Å². The van der Waals surface area contributed by atoms with Crippen LogP contribution < -0.4 is 0 Å². The van der Waals surface area contributed by atoms with Crippen molar-refractivity contribution in [2.45, 2.75) is 37.8 Å². The van der Waals surface area contributed by atoms with Gasteiger partial charge in [-0.25, -0.2) is 9.80 Å². The van der Waals surface area contributed by atoms with Gasteiger partial charge in [-0.2, -0.15) is 0 Å². The Balaban J connectivity index is 1.00. The molecule has 8 aliphatic rings. The maximum absolute atomic E-state index is 12.7. The fraction of sp³-hybridized carbons (Fsp3) is 0.643. The SMILES string of the molecule is O=C1C(=O)N2CC[N+]3(Cc4cccc(C[N+]56CCN7CCN8C(=O)C(=O)N(CC5)C8C76)c4)CCN4CCN1C2C43. The van der Waals surface area contributed by atoms with Crippen molar-refractivity contribution >= 4 is 23.6 Å². The van der Waals surface area contributed by atoms with E-state index in [1.54, 1.807) is 0 Å². The quantitative estimate of drug-likeness (QED) is 0.310. The molecule has 1 aromatic rings. The standard InChI is InChI=1S/C28H36N8O4/c37-25-27(39)33-10-14-35(12-8-29-4-6-31(25)21(33)23(29)35)17-19-2-1-3-20(16-19)18-36-13-9-30-5-7-32-22(24(30)36)34(11-15-36)28(40)26(32)38/h1-3,16,21-24H,4-15,17-18H2/q+2. The molecule has 8 heterocycles. The van der Waals surface area contributed by atoms with Crippen molar-refractivity contribution < 1.29 is 28.1 Å². The molecule has 0 bridgehead atoms. The average Bonchev–Trinajstić information content (AvgIpc) is 3.65. The summed E-state index contributed by atoms with van der Waals surface area (Å²) in [6.07, 6.45) is 0.0255. The number of carbonyl (C=O) groups excluding carboxylic acids is 4. The van der Waals surface area contributed by atoms with Gasteiger partial charge in [0.1, 0.15) is 13.1 Å². The summed E-state index contributed by atoms with van der Waals surface area (Å²) in [6, 6.07) is 9.03. The third-order valence-electron chi connectivity index (χ3n) is 11.6. The van der Waals surface area contributed by atoms with Crippen LogP contribution in [-0.2, 0) is 32.3 Å². The van der Waals surface area contributed by atoms with Crippen LogP contribution in [0.1, 0.15) is 11.1 Å². The zero-order valence-electron chi connectivity index (χ0n) is 22.7. The summed E-state index contributed by atoms with van der Waals surface area (Å²) in [5.41, 5.74) is 2.62. The van der Waals surface area contributed by atoms with Gasteiger partial charge < -0.3 is 19.6 Å². The smallest absolute Gasteiger partial charge is 0.306 e. The lowest BCUT2D eigenvalue weighted by atomic mass is 10.0. The molecular weight excluding hydrogens is 512 g/mol. The van der Waals surface area contributed by atoms with E-state index >= 15 is 0 Å². The number of hydrogen-bond donors (Lipinski definition) is 0. The molecule has 9 rings (SSSR count). The lowest BCUT2D eigenvalue weighted by Crippen LogP contribution is -2.73. The molecule has 0 spiro atoms. The van der Waals surface area contributed by atoms with Gasteiger partial charge in [0, 0.05) is 37.3 Å². The van der Waals surface area contributed by atoms with Crippen molar-refractivity contribution in [3.8, 4) is 0 Å². The first kappa shape index (κ1) is 23.6. The van der Waals surface area contributed by atoms with E-state index in [1.165, 1.54) is 11.1 Å². The summed E-state index contributed by atoms with van der Waals surface area (Å²) < 4.78 is 1.82. The molecule has 1 aromatic carbocycles. The predicted molar refractivity (Wildman–Crippen MR) is 139 cm³/mol. The van der Waals surface area contributed by atoms with Crippen LogP contribution in [0.4, 0.5) is 0 Å². The van der Waals surface area contributed by atoms with Crippen LogP contribution in [0, 0.1) is 0 Å². The van der Waals surface area contributed by atoms with Crippen molar-refractivity contribution in [2.75, 3.05) is 78.5 Å². The van der Waals surface area contributed by atoms with Crippen molar-refractivity contribution in [3.05, 3.63) is 35.4 Å². The zero-order chi connectivity index (χ0) is 27.0. The second kappa shape index (κ2) is 7.81. The number of quaternary nitrogens is 2. The fourth-order valence-electron chi connectivity index (χ4n) is 9.83.